The zero-order valence-corrected chi connectivity index (χ0v) is 14.2. The number of hydrogen-bond acceptors (Lipinski definition) is 2. The largest absolute Gasteiger partial charge is 0.151 e. The topological polar surface area (TPSA) is 0 Å². The monoisotopic (exact) mass is 282 g/mol. The first kappa shape index (κ1) is 16.0. The van der Waals surface area contributed by atoms with E-state index in [1.165, 1.54) is 11.1 Å². The molecule has 102 valence electrons. The fourth-order valence-corrected chi connectivity index (χ4v) is 3.17. The molecule has 0 amide bonds. The van der Waals surface area contributed by atoms with E-state index in [2.05, 4.69) is 65.8 Å². The first-order valence-electron chi connectivity index (χ1n) is 6.52. The van der Waals surface area contributed by atoms with Gasteiger partial charge in [-0.15, -0.1) is 0 Å². The molecule has 0 aliphatic heterocycles. The molecule has 0 unspecified atom stereocenters. The van der Waals surface area contributed by atoms with Crippen molar-refractivity contribution in [3.63, 3.8) is 0 Å². The van der Waals surface area contributed by atoms with Crippen LogP contribution in [0.3, 0.4) is 0 Å². The van der Waals surface area contributed by atoms with E-state index in [9.17, 15) is 0 Å². The number of rotatable bonds is 4. The predicted molar refractivity (Wildman–Crippen MR) is 88.5 cm³/mol. The van der Waals surface area contributed by atoms with Crippen molar-refractivity contribution in [1.82, 2.24) is 0 Å². The van der Waals surface area contributed by atoms with E-state index in [0.29, 0.717) is 9.49 Å². The predicted octanol–water partition coefficient (Wildman–Crippen LogP) is 5.75. The molecule has 0 spiro atoms. The number of benzene rings is 1. The number of thioether (sulfide) groups is 2. The molecule has 0 bridgehead atoms. The highest BCUT2D eigenvalue weighted by Gasteiger charge is 2.14. The zero-order valence-electron chi connectivity index (χ0n) is 12.5. The minimum Gasteiger partial charge on any atom is -0.151 e. The zero-order chi connectivity index (χ0) is 13.8. The second-order valence-corrected chi connectivity index (χ2v) is 10.2. The average molecular weight is 283 g/mol. The average Bonchev–Trinajstić information content (AvgIpc) is 2.22. The summed E-state index contributed by atoms with van der Waals surface area (Å²) in [6.45, 7) is 13.7. The fourth-order valence-electron chi connectivity index (χ4n) is 1.43. The van der Waals surface area contributed by atoms with E-state index in [1.54, 1.807) is 0 Å². The molecule has 0 nitrogen and oxygen atoms in total. The lowest BCUT2D eigenvalue weighted by atomic mass is 10.1. The van der Waals surface area contributed by atoms with E-state index in [1.807, 2.05) is 23.5 Å². The molecule has 0 aliphatic rings. The maximum atomic E-state index is 2.28. The van der Waals surface area contributed by atoms with Crippen LogP contribution in [0.5, 0.6) is 0 Å². The second kappa shape index (κ2) is 6.38. The molecule has 2 heteroatoms. The lowest BCUT2D eigenvalue weighted by molar-refractivity contribution is 0.800. The second-order valence-electron chi connectivity index (χ2n) is 6.57. The van der Waals surface area contributed by atoms with Gasteiger partial charge in [-0.2, -0.15) is 23.5 Å². The van der Waals surface area contributed by atoms with Crippen LogP contribution < -0.4 is 0 Å². The van der Waals surface area contributed by atoms with Gasteiger partial charge in [0.15, 0.2) is 0 Å². The van der Waals surface area contributed by atoms with Gasteiger partial charge >= 0.3 is 0 Å². The summed E-state index contributed by atoms with van der Waals surface area (Å²) in [6, 6.07) is 8.86. The molecule has 0 aliphatic carbocycles. The highest BCUT2D eigenvalue weighted by atomic mass is 32.2. The van der Waals surface area contributed by atoms with Crippen LogP contribution in [0.25, 0.3) is 0 Å². The van der Waals surface area contributed by atoms with E-state index >= 15 is 0 Å². The summed E-state index contributed by atoms with van der Waals surface area (Å²) in [5.74, 6) is 2.23. The van der Waals surface area contributed by atoms with Crippen molar-refractivity contribution < 1.29 is 0 Å². The molecule has 18 heavy (non-hydrogen) atoms. The highest BCUT2D eigenvalue weighted by molar-refractivity contribution is 8.00. The molecule has 0 radical (unpaired) electrons. The lowest BCUT2D eigenvalue weighted by Gasteiger charge is -2.21. The van der Waals surface area contributed by atoms with Crippen molar-refractivity contribution >= 4 is 23.5 Å². The SMILES string of the molecule is CC(C)(C)SCc1ccccc1CSC(C)(C)C. The summed E-state index contributed by atoms with van der Waals surface area (Å²) in [7, 11) is 0. The molecule has 0 N–H and O–H groups in total. The van der Waals surface area contributed by atoms with Gasteiger partial charge in [-0.25, -0.2) is 0 Å². The third kappa shape index (κ3) is 6.75. The standard InChI is InChI=1S/C16H26S2/c1-15(2,3)17-11-13-9-7-8-10-14(13)12-18-16(4,5)6/h7-10H,11-12H2,1-6H3. The summed E-state index contributed by atoms with van der Waals surface area (Å²) >= 11 is 4.05. The number of hydrogen-bond donors (Lipinski definition) is 0. The molecule has 0 fully saturated rings. The first-order valence-corrected chi connectivity index (χ1v) is 8.49. The van der Waals surface area contributed by atoms with Gasteiger partial charge in [0, 0.05) is 21.0 Å². The molecule has 0 saturated heterocycles. The smallest absolute Gasteiger partial charge is 0.0192 e. The Labute approximate surface area is 121 Å². The van der Waals surface area contributed by atoms with Crippen LogP contribution in [-0.4, -0.2) is 9.49 Å². The summed E-state index contributed by atoms with van der Waals surface area (Å²) < 4.78 is 0.675. The van der Waals surface area contributed by atoms with Gasteiger partial charge in [0.2, 0.25) is 0 Å². The van der Waals surface area contributed by atoms with Crippen LogP contribution in [0.15, 0.2) is 24.3 Å². The minimum absolute atomic E-state index is 0.338. The van der Waals surface area contributed by atoms with E-state index in [4.69, 9.17) is 0 Å². The van der Waals surface area contributed by atoms with Gasteiger partial charge in [0.05, 0.1) is 0 Å². The lowest BCUT2D eigenvalue weighted by Crippen LogP contribution is -2.09. The summed E-state index contributed by atoms with van der Waals surface area (Å²) in [5.41, 5.74) is 2.99. The van der Waals surface area contributed by atoms with Crippen molar-refractivity contribution in [2.45, 2.75) is 62.5 Å². The molecule has 0 heterocycles. The normalized spacial score (nSPS) is 12.8. The van der Waals surface area contributed by atoms with E-state index < -0.39 is 0 Å². The minimum atomic E-state index is 0.338. The van der Waals surface area contributed by atoms with Crippen molar-refractivity contribution in [1.29, 1.82) is 0 Å². The Morgan fingerprint density at radius 1 is 0.722 bits per heavy atom. The van der Waals surface area contributed by atoms with E-state index in [-0.39, 0.29) is 0 Å². The van der Waals surface area contributed by atoms with Crippen molar-refractivity contribution in [2.24, 2.45) is 0 Å². The van der Waals surface area contributed by atoms with E-state index in [0.717, 1.165) is 11.5 Å². The van der Waals surface area contributed by atoms with Crippen LogP contribution in [0, 0.1) is 0 Å². The molecule has 1 aromatic carbocycles. The molecule has 0 aromatic heterocycles. The summed E-state index contributed by atoms with van der Waals surface area (Å²) in [4.78, 5) is 0. The van der Waals surface area contributed by atoms with Gasteiger partial charge < -0.3 is 0 Å². The summed E-state index contributed by atoms with van der Waals surface area (Å²) in [6.07, 6.45) is 0. The fraction of sp³-hybridized carbons (Fsp3) is 0.625. The maximum absolute atomic E-state index is 2.28. The van der Waals surface area contributed by atoms with Gasteiger partial charge in [0.1, 0.15) is 0 Å². The van der Waals surface area contributed by atoms with Gasteiger partial charge in [0.25, 0.3) is 0 Å². The first-order chi connectivity index (χ1) is 8.17. The molecular weight excluding hydrogens is 256 g/mol. The third-order valence-corrected chi connectivity index (χ3v) is 5.08. The highest BCUT2D eigenvalue weighted by Crippen LogP contribution is 2.32. The Morgan fingerprint density at radius 2 is 1.06 bits per heavy atom. The molecule has 1 rings (SSSR count). The molecular formula is C16H26S2. The van der Waals surface area contributed by atoms with Gasteiger partial charge in [-0.3, -0.25) is 0 Å². The Balaban J connectivity index is 2.68. The van der Waals surface area contributed by atoms with Gasteiger partial charge in [-0.05, 0) is 11.1 Å². The Morgan fingerprint density at radius 3 is 1.33 bits per heavy atom. The molecule has 1 aromatic rings. The van der Waals surface area contributed by atoms with Crippen LogP contribution in [0.2, 0.25) is 0 Å². The van der Waals surface area contributed by atoms with Crippen molar-refractivity contribution in [3.05, 3.63) is 35.4 Å². The molecule has 0 saturated carbocycles. The Hall–Kier alpha value is -0.0800. The molecule has 0 atom stereocenters. The Bertz CT molecular complexity index is 332. The Kier molecular flexibility index (Phi) is 5.67. The summed E-state index contributed by atoms with van der Waals surface area (Å²) in [5, 5.41) is 0. The quantitative estimate of drug-likeness (QED) is 0.689. The van der Waals surface area contributed by atoms with Crippen LogP contribution >= 0.6 is 23.5 Å². The third-order valence-electron chi connectivity index (χ3n) is 2.44. The van der Waals surface area contributed by atoms with Crippen molar-refractivity contribution in [3.8, 4) is 0 Å². The van der Waals surface area contributed by atoms with Gasteiger partial charge in [-0.1, -0.05) is 65.8 Å². The van der Waals surface area contributed by atoms with Crippen LogP contribution in [0.4, 0.5) is 0 Å². The van der Waals surface area contributed by atoms with Crippen LogP contribution in [0.1, 0.15) is 52.7 Å². The maximum Gasteiger partial charge on any atom is 0.0192 e. The van der Waals surface area contributed by atoms with Crippen molar-refractivity contribution in [2.75, 3.05) is 0 Å². The van der Waals surface area contributed by atoms with Crippen LogP contribution in [-0.2, 0) is 11.5 Å².